The van der Waals surface area contributed by atoms with Gasteiger partial charge < -0.3 is 9.84 Å². The maximum Gasteiger partial charge on any atom is 0.310 e. The van der Waals surface area contributed by atoms with Crippen molar-refractivity contribution in [2.45, 2.75) is 25.4 Å². The number of halogens is 1. The maximum atomic E-state index is 11.0. The van der Waals surface area contributed by atoms with Crippen LogP contribution >= 0.6 is 15.9 Å². The first-order valence-electron chi connectivity index (χ1n) is 5.32. The summed E-state index contributed by atoms with van der Waals surface area (Å²) in [5, 5.41) is 9.03. The molecule has 1 aromatic rings. The van der Waals surface area contributed by atoms with Gasteiger partial charge in [-0.1, -0.05) is 22.0 Å². The predicted octanol–water partition coefficient (Wildman–Crippen LogP) is 3.08. The summed E-state index contributed by atoms with van der Waals surface area (Å²) in [4.78, 5) is 11.0. The molecule has 2 unspecified atom stereocenters. The molecule has 0 bridgehead atoms. The molecule has 3 nitrogen and oxygen atoms in total. The van der Waals surface area contributed by atoms with Crippen LogP contribution in [0.15, 0.2) is 28.7 Å². The minimum Gasteiger partial charge on any atom is -0.489 e. The third-order valence-corrected chi connectivity index (χ3v) is 3.35. The van der Waals surface area contributed by atoms with E-state index in [0.29, 0.717) is 6.42 Å². The van der Waals surface area contributed by atoms with Gasteiger partial charge in [0.2, 0.25) is 0 Å². The molecule has 2 atom stereocenters. The van der Waals surface area contributed by atoms with Gasteiger partial charge in [-0.25, -0.2) is 0 Å². The third kappa shape index (κ3) is 2.55. The van der Waals surface area contributed by atoms with Gasteiger partial charge in [0.15, 0.2) is 0 Å². The summed E-state index contributed by atoms with van der Waals surface area (Å²) < 4.78 is 6.66. The minimum absolute atomic E-state index is 0.188. The monoisotopic (exact) mass is 284 g/mol. The van der Waals surface area contributed by atoms with Gasteiger partial charge in [0, 0.05) is 4.47 Å². The second-order valence-electron chi connectivity index (χ2n) is 3.99. The Kier molecular flexibility index (Phi) is 3.49. The van der Waals surface area contributed by atoms with Gasteiger partial charge in [0.05, 0.1) is 5.92 Å². The first kappa shape index (κ1) is 11.5. The van der Waals surface area contributed by atoms with Crippen LogP contribution < -0.4 is 4.74 Å². The number of carboxylic acids is 1. The fraction of sp³-hybridized carbons (Fsp3) is 0.417. The molecule has 1 aliphatic rings. The normalized spacial score (nSPS) is 24.3. The van der Waals surface area contributed by atoms with E-state index in [4.69, 9.17) is 9.84 Å². The summed E-state index contributed by atoms with van der Waals surface area (Å²) in [5.41, 5.74) is 0. The molecule has 0 radical (unpaired) electrons. The van der Waals surface area contributed by atoms with Gasteiger partial charge in [0.1, 0.15) is 11.9 Å². The number of hydrogen-bond acceptors (Lipinski definition) is 2. The number of hydrogen-bond donors (Lipinski definition) is 1. The highest BCUT2D eigenvalue weighted by molar-refractivity contribution is 9.10. The molecule has 0 spiro atoms. The number of carbonyl (C=O) groups is 1. The van der Waals surface area contributed by atoms with Crippen LogP contribution in [0.2, 0.25) is 0 Å². The molecular formula is C12H13BrO3. The van der Waals surface area contributed by atoms with Crippen molar-refractivity contribution in [3.05, 3.63) is 28.7 Å². The van der Waals surface area contributed by atoms with Gasteiger partial charge >= 0.3 is 5.97 Å². The summed E-state index contributed by atoms with van der Waals surface area (Å²) in [6.45, 7) is 0. The highest BCUT2D eigenvalue weighted by Crippen LogP contribution is 2.30. The van der Waals surface area contributed by atoms with Crippen molar-refractivity contribution in [3.63, 3.8) is 0 Å². The third-order valence-electron chi connectivity index (χ3n) is 2.85. The van der Waals surface area contributed by atoms with Gasteiger partial charge in [0.25, 0.3) is 0 Å². The van der Waals surface area contributed by atoms with Crippen molar-refractivity contribution in [3.8, 4) is 5.75 Å². The summed E-state index contributed by atoms with van der Waals surface area (Å²) in [6, 6.07) is 7.50. The molecule has 4 heteroatoms. The lowest BCUT2D eigenvalue weighted by Gasteiger charge is -2.18. The lowest BCUT2D eigenvalue weighted by molar-refractivity contribution is -0.143. The zero-order valence-corrected chi connectivity index (χ0v) is 10.3. The van der Waals surface area contributed by atoms with Crippen LogP contribution in [0.25, 0.3) is 0 Å². The molecule has 1 aliphatic carbocycles. The van der Waals surface area contributed by atoms with E-state index in [1.165, 1.54) is 0 Å². The Balaban J connectivity index is 2.06. The number of ether oxygens (including phenoxy) is 1. The number of aliphatic carboxylic acids is 1. The number of carboxylic acid groups (broad SMARTS) is 1. The first-order valence-corrected chi connectivity index (χ1v) is 6.11. The van der Waals surface area contributed by atoms with Gasteiger partial charge in [-0.15, -0.1) is 0 Å². The average Bonchev–Trinajstić information content (AvgIpc) is 2.66. The standard InChI is InChI=1S/C12H13BrO3/c13-8-3-1-4-9(7-8)16-11-6-2-5-10(11)12(14)15/h1,3-4,7,10-11H,2,5-6H2,(H,14,15). The van der Waals surface area contributed by atoms with Crippen molar-refractivity contribution in [1.29, 1.82) is 0 Å². The van der Waals surface area contributed by atoms with E-state index in [1.807, 2.05) is 24.3 Å². The van der Waals surface area contributed by atoms with Crippen LogP contribution in [0.5, 0.6) is 5.75 Å². The van der Waals surface area contributed by atoms with E-state index >= 15 is 0 Å². The fourth-order valence-electron chi connectivity index (χ4n) is 2.06. The lowest BCUT2D eigenvalue weighted by atomic mass is 10.1. The molecular weight excluding hydrogens is 272 g/mol. The van der Waals surface area contributed by atoms with Gasteiger partial charge in [-0.2, -0.15) is 0 Å². The van der Waals surface area contributed by atoms with Gasteiger partial charge in [-0.3, -0.25) is 4.79 Å². The largest absolute Gasteiger partial charge is 0.489 e. The summed E-state index contributed by atoms with van der Waals surface area (Å²) >= 11 is 3.36. The molecule has 1 aromatic carbocycles. The minimum atomic E-state index is -0.752. The SMILES string of the molecule is O=C(O)C1CCCC1Oc1cccc(Br)c1. The molecule has 0 heterocycles. The first-order chi connectivity index (χ1) is 7.66. The molecule has 1 N–H and O–H groups in total. The average molecular weight is 285 g/mol. The van der Waals surface area contributed by atoms with Crippen molar-refractivity contribution < 1.29 is 14.6 Å². The summed E-state index contributed by atoms with van der Waals surface area (Å²) in [6.07, 6.45) is 2.28. The van der Waals surface area contributed by atoms with Crippen molar-refractivity contribution >= 4 is 21.9 Å². The smallest absolute Gasteiger partial charge is 0.310 e. The molecule has 16 heavy (non-hydrogen) atoms. The van der Waals surface area contributed by atoms with Crippen LogP contribution in [0, 0.1) is 5.92 Å². The second-order valence-corrected chi connectivity index (χ2v) is 4.90. The van der Waals surface area contributed by atoms with Crippen molar-refractivity contribution in [2.75, 3.05) is 0 Å². The highest BCUT2D eigenvalue weighted by Gasteiger charge is 2.34. The summed E-state index contributed by atoms with van der Waals surface area (Å²) in [5.74, 6) is -0.385. The van der Waals surface area contributed by atoms with E-state index in [9.17, 15) is 4.79 Å². The van der Waals surface area contributed by atoms with E-state index in [-0.39, 0.29) is 12.0 Å². The Labute approximate surface area is 103 Å². The zero-order valence-electron chi connectivity index (χ0n) is 8.73. The Hall–Kier alpha value is -1.03. The Morgan fingerprint density at radius 1 is 1.44 bits per heavy atom. The fourth-order valence-corrected chi connectivity index (χ4v) is 2.44. The van der Waals surface area contributed by atoms with Crippen molar-refractivity contribution in [1.82, 2.24) is 0 Å². The second kappa shape index (κ2) is 4.87. The Bertz CT molecular complexity index is 392. The molecule has 1 saturated carbocycles. The molecule has 0 aromatic heterocycles. The van der Waals surface area contributed by atoms with Gasteiger partial charge in [-0.05, 0) is 37.5 Å². The molecule has 0 aliphatic heterocycles. The quantitative estimate of drug-likeness (QED) is 0.928. The van der Waals surface area contributed by atoms with Crippen LogP contribution in [-0.2, 0) is 4.79 Å². The summed E-state index contributed by atoms with van der Waals surface area (Å²) in [7, 11) is 0. The molecule has 0 amide bonds. The Morgan fingerprint density at radius 3 is 2.94 bits per heavy atom. The number of benzene rings is 1. The lowest BCUT2D eigenvalue weighted by Crippen LogP contribution is -2.27. The van der Waals surface area contributed by atoms with E-state index in [2.05, 4.69) is 15.9 Å². The van der Waals surface area contributed by atoms with E-state index < -0.39 is 5.97 Å². The van der Waals surface area contributed by atoms with E-state index in [0.717, 1.165) is 23.1 Å². The molecule has 2 rings (SSSR count). The van der Waals surface area contributed by atoms with Crippen LogP contribution in [0.1, 0.15) is 19.3 Å². The molecule has 1 fully saturated rings. The Morgan fingerprint density at radius 2 is 2.25 bits per heavy atom. The van der Waals surface area contributed by atoms with E-state index in [1.54, 1.807) is 0 Å². The van der Waals surface area contributed by atoms with Crippen LogP contribution in [-0.4, -0.2) is 17.2 Å². The zero-order chi connectivity index (χ0) is 11.5. The van der Waals surface area contributed by atoms with Crippen LogP contribution in [0.3, 0.4) is 0 Å². The number of rotatable bonds is 3. The highest BCUT2D eigenvalue weighted by atomic mass is 79.9. The molecule has 86 valence electrons. The van der Waals surface area contributed by atoms with Crippen LogP contribution in [0.4, 0.5) is 0 Å². The predicted molar refractivity (Wildman–Crippen MR) is 63.5 cm³/mol. The maximum absolute atomic E-state index is 11.0. The molecule has 0 saturated heterocycles. The topological polar surface area (TPSA) is 46.5 Å². The van der Waals surface area contributed by atoms with Crippen molar-refractivity contribution in [2.24, 2.45) is 5.92 Å².